The molecule has 23 rings (SSSR count). The third kappa shape index (κ3) is 11.7. The molecule has 550 valence electrons. The van der Waals surface area contributed by atoms with Gasteiger partial charge in [0.1, 0.15) is 0 Å². The zero-order valence-corrected chi connectivity index (χ0v) is 64.3. The van der Waals surface area contributed by atoms with Crippen molar-refractivity contribution in [2.24, 2.45) is 0 Å². The van der Waals surface area contributed by atoms with E-state index < -0.39 is 0 Å². The van der Waals surface area contributed by atoms with Crippen molar-refractivity contribution in [1.82, 2.24) is 28.2 Å². The molecule has 0 fully saturated rings. The Balaban J connectivity index is 0.513. The van der Waals surface area contributed by atoms with Crippen LogP contribution in [0.2, 0.25) is 0 Å². The van der Waals surface area contributed by atoms with Crippen LogP contribution in [0.25, 0.3) is 222 Å². The lowest BCUT2D eigenvalue weighted by molar-refractivity contribution is 1.18. The highest BCUT2D eigenvalue weighted by molar-refractivity contribution is 6.12. The number of pyridine rings is 2. The van der Waals surface area contributed by atoms with Gasteiger partial charge in [-0.3, -0.25) is 0 Å². The van der Waals surface area contributed by atoms with Gasteiger partial charge >= 0.3 is 0 Å². The molecule has 0 radical (unpaired) electrons. The Morgan fingerprint density at radius 2 is 0.280 bits per heavy atom. The third-order valence-electron chi connectivity index (χ3n) is 24.1. The summed E-state index contributed by atoms with van der Waals surface area (Å²) in [7, 11) is 0. The number of aromatic nitrogens is 6. The van der Waals surface area contributed by atoms with E-state index in [1.807, 2.05) is 0 Å². The molecule has 6 aromatic heterocycles. The van der Waals surface area contributed by atoms with Gasteiger partial charge in [-0.25, -0.2) is 9.97 Å². The molecule has 6 heteroatoms. The molecule has 0 bridgehead atoms. The van der Waals surface area contributed by atoms with E-state index in [1.165, 1.54) is 98.4 Å². The van der Waals surface area contributed by atoms with Crippen LogP contribution in [0, 0.1) is 0 Å². The molecular formula is C112H72N6. The Labute approximate surface area is 682 Å². The van der Waals surface area contributed by atoms with E-state index in [9.17, 15) is 0 Å². The summed E-state index contributed by atoms with van der Waals surface area (Å²) in [4.78, 5) is 10.9. The molecule has 17 aromatic carbocycles. The minimum atomic E-state index is 0.910. The Bertz CT molecular complexity index is 6810. The lowest BCUT2D eigenvalue weighted by atomic mass is 9.94. The lowest BCUT2D eigenvalue weighted by Gasteiger charge is -2.13. The second kappa shape index (κ2) is 28.1. The molecule has 6 heterocycles. The van der Waals surface area contributed by atoms with Crippen molar-refractivity contribution in [2.45, 2.75) is 0 Å². The van der Waals surface area contributed by atoms with Gasteiger partial charge in [0.05, 0.1) is 66.9 Å². The van der Waals surface area contributed by atoms with Crippen LogP contribution in [0.5, 0.6) is 0 Å². The average Bonchev–Trinajstić information content (AvgIpc) is 1.61. The predicted molar refractivity (Wildman–Crippen MR) is 494 cm³/mol. The summed E-state index contributed by atoms with van der Waals surface area (Å²) in [6, 6.07) is 159. The summed E-state index contributed by atoms with van der Waals surface area (Å²) >= 11 is 0. The zero-order chi connectivity index (χ0) is 77.7. The van der Waals surface area contributed by atoms with Gasteiger partial charge in [-0.2, -0.15) is 0 Å². The first-order valence-corrected chi connectivity index (χ1v) is 40.4. The fourth-order valence-electron chi connectivity index (χ4n) is 18.2. The highest BCUT2D eigenvalue weighted by Crippen LogP contribution is 2.42. The van der Waals surface area contributed by atoms with Gasteiger partial charge < -0.3 is 18.3 Å². The lowest BCUT2D eigenvalue weighted by Crippen LogP contribution is -1.96. The molecule has 0 unspecified atom stereocenters. The van der Waals surface area contributed by atoms with Gasteiger partial charge in [-0.15, -0.1) is 0 Å². The second-order valence-electron chi connectivity index (χ2n) is 30.8. The summed E-state index contributed by atoms with van der Waals surface area (Å²) in [5.41, 5.74) is 35.5. The van der Waals surface area contributed by atoms with Crippen molar-refractivity contribution in [3.8, 4) is 135 Å². The van der Waals surface area contributed by atoms with Crippen LogP contribution in [-0.2, 0) is 0 Å². The second-order valence-corrected chi connectivity index (χ2v) is 30.8. The number of para-hydroxylation sites is 8. The van der Waals surface area contributed by atoms with Crippen molar-refractivity contribution in [1.29, 1.82) is 0 Å². The molecule has 6 nitrogen and oxygen atoms in total. The molecule has 0 aliphatic carbocycles. The standard InChI is InChI=1S/C112H72N6/c1-9-28-105-93(20-1)94-21-2-10-29-106(94)115(105)89-60-52-81(53-61-89)101-69-87(70-102(113-101)82-54-62-90(63-55-82)116-107-30-11-3-22-95(107)96-23-4-12-31-108(96)116)79-48-40-75(41-49-79)73-36-44-77(45-37-73)85-18-17-19-86(68-85)78-46-38-74(39-47-78)76-42-50-80(51-43-76)88-71-103(83-56-64-91(65-57-83)117-109-32-13-5-24-97(109)98-25-6-14-33-110(98)117)114-104(72-88)84-58-66-92(67-59-84)118-111-34-15-7-26-99(111)100-27-8-16-35-112(100)118/h1-72H. The maximum atomic E-state index is 5.46. The molecule has 0 saturated carbocycles. The zero-order valence-electron chi connectivity index (χ0n) is 64.3. The van der Waals surface area contributed by atoms with E-state index in [-0.39, 0.29) is 0 Å². The number of hydrogen-bond acceptors (Lipinski definition) is 2. The summed E-state index contributed by atoms with van der Waals surface area (Å²) in [5.74, 6) is 0. The molecule has 0 saturated heterocycles. The van der Waals surface area contributed by atoms with Crippen LogP contribution in [0.15, 0.2) is 437 Å². The van der Waals surface area contributed by atoms with Crippen molar-refractivity contribution >= 4 is 87.2 Å². The van der Waals surface area contributed by atoms with Gasteiger partial charge in [0.2, 0.25) is 0 Å². The number of nitrogens with zero attached hydrogens (tertiary/aromatic N) is 6. The molecule has 0 spiro atoms. The van der Waals surface area contributed by atoms with Crippen LogP contribution in [-0.4, -0.2) is 28.2 Å². The number of hydrogen-bond donors (Lipinski definition) is 0. The number of fused-ring (bicyclic) bond motifs is 12. The largest absolute Gasteiger partial charge is 0.309 e. The first-order valence-electron chi connectivity index (χ1n) is 40.4. The Kier molecular flexibility index (Phi) is 16.2. The van der Waals surface area contributed by atoms with Crippen molar-refractivity contribution in [3.05, 3.63) is 437 Å². The van der Waals surface area contributed by atoms with E-state index in [4.69, 9.17) is 9.97 Å². The van der Waals surface area contributed by atoms with E-state index in [0.717, 1.165) is 123 Å². The Morgan fingerprint density at radius 3 is 0.475 bits per heavy atom. The van der Waals surface area contributed by atoms with Crippen LogP contribution < -0.4 is 0 Å². The van der Waals surface area contributed by atoms with E-state index in [0.29, 0.717) is 0 Å². The first-order chi connectivity index (χ1) is 58.5. The number of benzene rings is 17. The van der Waals surface area contributed by atoms with Crippen molar-refractivity contribution in [3.63, 3.8) is 0 Å². The molecule has 0 amide bonds. The third-order valence-corrected chi connectivity index (χ3v) is 24.1. The summed E-state index contributed by atoms with van der Waals surface area (Å²) < 4.78 is 9.47. The van der Waals surface area contributed by atoms with E-state index >= 15 is 0 Å². The molecule has 23 aromatic rings. The number of rotatable bonds is 14. The monoisotopic (exact) mass is 1500 g/mol. The fraction of sp³-hybridized carbons (Fsp3) is 0. The van der Waals surface area contributed by atoms with Crippen LogP contribution in [0.3, 0.4) is 0 Å². The highest BCUT2D eigenvalue weighted by Gasteiger charge is 2.20. The quantitative estimate of drug-likeness (QED) is 0.109. The van der Waals surface area contributed by atoms with Gasteiger partial charge in [-0.05, 0) is 194 Å². The minimum Gasteiger partial charge on any atom is -0.309 e. The van der Waals surface area contributed by atoms with Crippen molar-refractivity contribution in [2.75, 3.05) is 0 Å². The Hall–Kier alpha value is -15.8. The average molecular weight is 1500 g/mol. The van der Waals surface area contributed by atoms with Crippen molar-refractivity contribution < 1.29 is 0 Å². The van der Waals surface area contributed by atoms with Crippen LogP contribution >= 0.6 is 0 Å². The fourth-order valence-corrected chi connectivity index (χ4v) is 18.2. The normalized spacial score (nSPS) is 11.7. The predicted octanol–water partition coefficient (Wildman–Crippen LogP) is 29.5. The van der Waals surface area contributed by atoms with Crippen LogP contribution in [0.1, 0.15) is 0 Å². The Morgan fingerprint density at radius 1 is 0.119 bits per heavy atom. The molecular weight excluding hydrogens is 1430 g/mol. The molecule has 0 atom stereocenters. The first kappa shape index (κ1) is 67.9. The molecule has 0 aliphatic heterocycles. The van der Waals surface area contributed by atoms with E-state index in [2.05, 4.69) is 455 Å². The molecule has 118 heavy (non-hydrogen) atoms. The highest BCUT2D eigenvalue weighted by atomic mass is 15.0. The summed E-state index contributed by atoms with van der Waals surface area (Å²) in [6.45, 7) is 0. The van der Waals surface area contributed by atoms with Crippen LogP contribution in [0.4, 0.5) is 0 Å². The topological polar surface area (TPSA) is 45.5 Å². The van der Waals surface area contributed by atoms with Gasteiger partial charge in [0, 0.05) is 88.1 Å². The van der Waals surface area contributed by atoms with Gasteiger partial charge in [0.15, 0.2) is 0 Å². The smallest absolute Gasteiger partial charge is 0.0715 e. The minimum absolute atomic E-state index is 0.910. The molecule has 0 N–H and O–H groups in total. The summed E-state index contributed by atoms with van der Waals surface area (Å²) in [5, 5.41) is 9.95. The maximum absolute atomic E-state index is 5.46. The SMILES string of the molecule is c1cc(-c2ccc(-c3ccc(-c4cc(-c5ccc(-n6c7ccccc7c7ccccc76)cc5)nc(-c5ccc(-n6c7ccccc7c7ccccc76)cc5)c4)cc3)cc2)cc(-c2ccc(-c3ccc(-c4cc(-c5ccc(-n6c7ccccc7c7ccccc76)cc5)nc(-c5ccc(-n6c7ccccc7c7ccccc76)cc5)c4)cc3)cc2)c1. The maximum Gasteiger partial charge on any atom is 0.0715 e. The van der Waals surface area contributed by atoms with Gasteiger partial charge in [0.25, 0.3) is 0 Å². The van der Waals surface area contributed by atoms with E-state index in [1.54, 1.807) is 0 Å². The molecule has 0 aliphatic rings. The van der Waals surface area contributed by atoms with Gasteiger partial charge in [-0.1, -0.05) is 309 Å². The summed E-state index contributed by atoms with van der Waals surface area (Å²) in [6.07, 6.45) is 0.